The zero-order chi connectivity index (χ0) is 15.9. The topological polar surface area (TPSA) is 60.9 Å². The maximum Gasteiger partial charge on any atom is 0.135 e. The van der Waals surface area contributed by atoms with E-state index in [1.807, 2.05) is 6.26 Å². The van der Waals surface area contributed by atoms with Crippen molar-refractivity contribution in [1.29, 1.82) is 0 Å². The molecule has 1 atom stereocenters. The lowest BCUT2D eigenvalue weighted by Gasteiger charge is -2.16. The number of hydrogen-bond donors (Lipinski definition) is 3. The molecule has 1 unspecified atom stereocenters. The first-order valence-corrected chi connectivity index (χ1v) is 8.36. The van der Waals surface area contributed by atoms with Crippen molar-refractivity contribution in [2.24, 2.45) is 0 Å². The largest absolute Gasteiger partial charge is 0.396 e. The third-order valence-corrected chi connectivity index (χ3v) is 4.09. The van der Waals surface area contributed by atoms with Crippen molar-refractivity contribution in [2.75, 3.05) is 18.6 Å². The van der Waals surface area contributed by atoms with E-state index in [-0.39, 0.29) is 18.2 Å². The van der Waals surface area contributed by atoms with Crippen molar-refractivity contribution in [2.45, 2.75) is 19.0 Å². The number of aliphatic hydroxyl groups is 1. The summed E-state index contributed by atoms with van der Waals surface area (Å²) in [6, 6.07) is 3.91. The summed E-state index contributed by atoms with van der Waals surface area (Å²) in [6.45, 7) is 0.517. The summed E-state index contributed by atoms with van der Waals surface area (Å²) in [5, 5.41) is 18.9. The molecule has 3 N–H and O–H groups in total. The average Bonchev–Trinajstić information content (AvgIpc) is 2.93. The van der Waals surface area contributed by atoms with Gasteiger partial charge in [0, 0.05) is 30.5 Å². The Bertz CT molecular complexity index is 580. The van der Waals surface area contributed by atoms with Crippen LogP contribution >= 0.6 is 11.8 Å². The first kappa shape index (κ1) is 16.9. The van der Waals surface area contributed by atoms with E-state index in [1.165, 1.54) is 18.2 Å². The minimum absolute atomic E-state index is 0.0956. The lowest BCUT2D eigenvalue weighted by molar-refractivity contribution is 0.270. The minimum atomic E-state index is -0.624. The Kier molecular flexibility index (Phi) is 6.35. The number of H-pyrrole nitrogens is 1. The van der Waals surface area contributed by atoms with Gasteiger partial charge in [0.2, 0.25) is 0 Å². The molecule has 0 amide bonds. The van der Waals surface area contributed by atoms with Gasteiger partial charge in [-0.1, -0.05) is 6.07 Å². The van der Waals surface area contributed by atoms with Crippen LogP contribution < -0.4 is 5.32 Å². The number of thioether (sulfide) groups is 1. The molecule has 0 bridgehead atoms. The lowest BCUT2D eigenvalue weighted by Crippen LogP contribution is -2.31. The molecule has 0 radical (unpaired) electrons. The van der Waals surface area contributed by atoms with Crippen LogP contribution in [0.1, 0.15) is 12.0 Å². The van der Waals surface area contributed by atoms with Crippen molar-refractivity contribution in [3.05, 3.63) is 41.6 Å². The van der Waals surface area contributed by atoms with Crippen LogP contribution in [0.3, 0.4) is 0 Å². The molecule has 0 spiro atoms. The third kappa shape index (κ3) is 4.06. The average molecular weight is 327 g/mol. The van der Waals surface area contributed by atoms with Crippen LogP contribution in [-0.4, -0.2) is 40.0 Å². The Morgan fingerprint density at radius 3 is 2.73 bits per heavy atom. The van der Waals surface area contributed by atoms with Crippen LogP contribution in [0.15, 0.2) is 24.4 Å². The Morgan fingerprint density at radius 2 is 2.09 bits per heavy atom. The van der Waals surface area contributed by atoms with Crippen LogP contribution in [0.2, 0.25) is 0 Å². The maximum atomic E-state index is 13.9. The number of aromatic nitrogens is 2. The Hall–Kier alpha value is -1.44. The molecule has 0 saturated carbocycles. The third-order valence-electron chi connectivity index (χ3n) is 3.36. The van der Waals surface area contributed by atoms with Gasteiger partial charge < -0.3 is 10.4 Å². The second-order valence-corrected chi connectivity index (χ2v) is 5.82. The normalized spacial score (nSPS) is 12.5. The molecule has 1 aromatic carbocycles. The Morgan fingerprint density at radius 1 is 1.36 bits per heavy atom. The first-order chi connectivity index (χ1) is 10.7. The molecule has 0 aliphatic rings. The van der Waals surface area contributed by atoms with E-state index >= 15 is 0 Å². The highest BCUT2D eigenvalue weighted by Crippen LogP contribution is 2.27. The zero-order valence-corrected chi connectivity index (χ0v) is 13.1. The standard InChI is InChI=1S/C15H19F2N3OS/c1-22-9-11(5-6-21)18-7-10-8-19-20-15(10)14-12(16)3-2-4-13(14)17/h2-4,8,11,18,21H,5-7,9H2,1H3,(H,19,20). The monoisotopic (exact) mass is 327 g/mol. The van der Waals surface area contributed by atoms with Crippen LogP contribution in [0.5, 0.6) is 0 Å². The fourth-order valence-electron chi connectivity index (χ4n) is 2.25. The van der Waals surface area contributed by atoms with Gasteiger partial charge in [-0.3, -0.25) is 5.10 Å². The van der Waals surface area contributed by atoms with Crippen LogP contribution in [0.4, 0.5) is 8.78 Å². The smallest absolute Gasteiger partial charge is 0.135 e. The molecular weight excluding hydrogens is 308 g/mol. The fraction of sp³-hybridized carbons (Fsp3) is 0.400. The number of aromatic amines is 1. The molecule has 7 heteroatoms. The number of hydrogen-bond acceptors (Lipinski definition) is 4. The molecule has 0 aliphatic heterocycles. The van der Waals surface area contributed by atoms with Gasteiger partial charge in [-0.15, -0.1) is 0 Å². The maximum absolute atomic E-state index is 13.9. The zero-order valence-electron chi connectivity index (χ0n) is 12.3. The van der Waals surface area contributed by atoms with Crippen molar-refractivity contribution >= 4 is 11.8 Å². The predicted octanol–water partition coefficient (Wildman–Crippen LogP) is 2.56. The van der Waals surface area contributed by atoms with E-state index in [4.69, 9.17) is 5.11 Å². The molecule has 0 aliphatic carbocycles. The second-order valence-electron chi connectivity index (χ2n) is 4.91. The summed E-state index contributed by atoms with van der Waals surface area (Å²) in [6.07, 6.45) is 4.18. The molecule has 4 nitrogen and oxygen atoms in total. The van der Waals surface area contributed by atoms with E-state index in [1.54, 1.807) is 18.0 Å². The molecule has 0 fully saturated rings. The van der Waals surface area contributed by atoms with Crippen molar-refractivity contribution < 1.29 is 13.9 Å². The summed E-state index contributed by atoms with van der Waals surface area (Å²) in [5.74, 6) is -0.398. The number of rotatable bonds is 8. The van der Waals surface area contributed by atoms with E-state index in [0.29, 0.717) is 24.2 Å². The number of nitrogens with one attached hydrogen (secondary N) is 2. The second kappa shape index (κ2) is 8.26. The van der Waals surface area contributed by atoms with Crippen LogP contribution in [-0.2, 0) is 6.54 Å². The highest BCUT2D eigenvalue weighted by atomic mass is 32.2. The van der Waals surface area contributed by atoms with Crippen molar-refractivity contribution in [1.82, 2.24) is 15.5 Å². The molecule has 0 saturated heterocycles. The lowest BCUT2D eigenvalue weighted by atomic mass is 10.1. The van der Waals surface area contributed by atoms with E-state index in [2.05, 4.69) is 15.5 Å². The van der Waals surface area contributed by atoms with Crippen molar-refractivity contribution in [3.8, 4) is 11.3 Å². The van der Waals surface area contributed by atoms with Gasteiger partial charge in [0.1, 0.15) is 11.6 Å². The van der Waals surface area contributed by atoms with Gasteiger partial charge in [-0.25, -0.2) is 8.78 Å². The van der Waals surface area contributed by atoms with E-state index in [9.17, 15) is 8.78 Å². The molecular formula is C15H19F2N3OS. The summed E-state index contributed by atoms with van der Waals surface area (Å²) in [5.41, 5.74) is 0.934. The van der Waals surface area contributed by atoms with Gasteiger partial charge in [-0.05, 0) is 24.8 Å². The number of halogens is 2. The Labute approximate surface area is 132 Å². The SMILES string of the molecule is CSCC(CCO)NCc1cn[nH]c1-c1c(F)cccc1F. The van der Waals surface area contributed by atoms with Gasteiger partial charge >= 0.3 is 0 Å². The molecule has 120 valence electrons. The van der Waals surface area contributed by atoms with Gasteiger partial charge in [0.25, 0.3) is 0 Å². The van der Waals surface area contributed by atoms with Gasteiger partial charge in [0.05, 0.1) is 17.5 Å². The van der Waals surface area contributed by atoms with E-state index in [0.717, 1.165) is 5.75 Å². The number of benzene rings is 1. The number of nitrogens with zero attached hydrogens (tertiary/aromatic N) is 1. The minimum Gasteiger partial charge on any atom is -0.396 e. The summed E-state index contributed by atoms with van der Waals surface area (Å²) >= 11 is 1.68. The molecule has 1 heterocycles. The molecule has 1 aromatic heterocycles. The molecule has 2 aromatic rings. The summed E-state index contributed by atoms with van der Waals surface area (Å²) in [4.78, 5) is 0. The molecule has 2 rings (SSSR count). The highest BCUT2D eigenvalue weighted by molar-refractivity contribution is 7.98. The summed E-state index contributed by atoms with van der Waals surface area (Å²) < 4.78 is 27.8. The fourth-order valence-corrected chi connectivity index (χ4v) is 2.94. The quantitative estimate of drug-likeness (QED) is 0.697. The van der Waals surface area contributed by atoms with Gasteiger partial charge in [0.15, 0.2) is 0 Å². The highest BCUT2D eigenvalue weighted by Gasteiger charge is 2.17. The van der Waals surface area contributed by atoms with Crippen LogP contribution in [0, 0.1) is 11.6 Å². The van der Waals surface area contributed by atoms with Crippen LogP contribution in [0.25, 0.3) is 11.3 Å². The molecule has 22 heavy (non-hydrogen) atoms. The van der Waals surface area contributed by atoms with Gasteiger partial charge in [-0.2, -0.15) is 16.9 Å². The number of aliphatic hydroxyl groups excluding tert-OH is 1. The Balaban J connectivity index is 2.16. The predicted molar refractivity (Wildman–Crippen MR) is 84.7 cm³/mol. The first-order valence-electron chi connectivity index (χ1n) is 6.97. The summed E-state index contributed by atoms with van der Waals surface area (Å²) in [7, 11) is 0. The van der Waals surface area contributed by atoms with E-state index < -0.39 is 11.6 Å². The van der Waals surface area contributed by atoms with Crippen molar-refractivity contribution in [3.63, 3.8) is 0 Å².